The van der Waals surface area contributed by atoms with Crippen LogP contribution < -0.4 is 5.73 Å². The second-order valence-corrected chi connectivity index (χ2v) is 4.71. The third-order valence-corrected chi connectivity index (χ3v) is 3.20. The van der Waals surface area contributed by atoms with Crippen LogP contribution in [0.15, 0.2) is 36.4 Å². The molecule has 102 valence electrons. The lowest BCUT2D eigenvalue weighted by molar-refractivity contribution is -0.122. The Morgan fingerprint density at radius 3 is 2.89 bits per heavy atom. The molecule has 19 heavy (non-hydrogen) atoms. The van der Waals surface area contributed by atoms with Gasteiger partial charge in [0.1, 0.15) is 6.61 Å². The number of nitrogens with two attached hydrogens (primary N) is 1. The lowest BCUT2D eigenvalue weighted by Gasteiger charge is -2.27. The summed E-state index contributed by atoms with van der Waals surface area (Å²) in [6.45, 7) is 3.43. The van der Waals surface area contributed by atoms with E-state index in [1.165, 1.54) is 11.1 Å². The number of hydrogen-bond acceptors (Lipinski definition) is 3. The van der Waals surface area contributed by atoms with Crippen LogP contribution in [0.2, 0.25) is 0 Å². The molecule has 0 unspecified atom stereocenters. The van der Waals surface area contributed by atoms with Crippen LogP contribution in [0.1, 0.15) is 11.1 Å². The van der Waals surface area contributed by atoms with Crippen molar-refractivity contribution in [2.24, 2.45) is 5.73 Å². The fourth-order valence-corrected chi connectivity index (χ4v) is 2.23. The summed E-state index contributed by atoms with van der Waals surface area (Å²) in [4.78, 5) is 12.9. The van der Waals surface area contributed by atoms with Crippen LogP contribution in [-0.2, 0) is 22.5 Å². The van der Waals surface area contributed by atoms with Gasteiger partial charge in [-0.05, 0) is 17.5 Å². The maximum absolute atomic E-state index is 10.5. The van der Waals surface area contributed by atoms with Crippen molar-refractivity contribution < 1.29 is 9.53 Å². The predicted molar refractivity (Wildman–Crippen MR) is 74.6 cm³/mol. The molecular formula is C15H20N2O2. The first-order valence-electron chi connectivity index (χ1n) is 6.56. The molecule has 0 fully saturated rings. The van der Waals surface area contributed by atoms with E-state index in [-0.39, 0.29) is 6.61 Å². The number of nitrogens with zero attached hydrogens (tertiary/aromatic N) is 1. The number of benzene rings is 1. The van der Waals surface area contributed by atoms with Gasteiger partial charge in [0.05, 0.1) is 6.61 Å². The van der Waals surface area contributed by atoms with E-state index in [0.717, 1.165) is 26.1 Å². The van der Waals surface area contributed by atoms with Crippen molar-refractivity contribution in [3.05, 3.63) is 47.5 Å². The van der Waals surface area contributed by atoms with Crippen LogP contribution in [0.4, 0.5) is 0 Å². The smallest absolute Gasteiger partial charge is 0.243 e. The molecule has 1 aromatic carbocycles. The lowest BCUT2D eigenvalue weighted by atomic mass is 10.00. The zero-order chi connectivity index (χ0) is 13.5. The van der Waals surface area contributed by atoms with Crippen LogP contribution in [-0.4, -0.2) is 37.1 Å². The van der Waals surface area contributed by atoms with Gasteiger partial charge in [-0.3, -0.25) is 9.69 Å². The van der Waals surface area contributed by atoms with Gasteiger partial charge in [-0.25, -0.2) is 0 Å². The summed E-state index contributed by atoms with van der Waals surface area (Å²) in [6.07, 6.45) is 5.13. The van der Waals surface area contributed by atoms with Gasteiger partial charge in [-0.15, -0.1) is 0 Å². The van der Waals surface area contributed by atoms with Gasteiger partial charge in [0.25, 0.3) is 0 Å². The first-order valence-corrected chi connectivity index (χ1v) is 6.56. The van der Waals surface area contributed by atoms with E-state index < -0.39 is 5.91 Å². The second kappa shape index (κ2) is 7.07. The van der Waals surface area contributed by atoms with E-state index in [0.29, 0.717) is 6.61 Å². The molecule has 0 aliphatic carbocycles. The summed E-state index contributed by atoms with van der Waals surface area (Å²) in [5, 5.41) is 0. The Morgan fingerprint density at radius 2 is 2.11 bits per heavy atom. The highest BCUT2D eigenvalue weighted by molar-refractivity contribution is 5.74. The van der Waals surface area contributed by atoms with Gasteiger partial charge in [0.15, 0.2) is 0 Å². The molecule has 1 aliphatic rings. The fraction of sp³-hybridized carbons (Fsp3) is 0.400. The fourth-order valence-electron chi connectivity index (χ4n) is 2.23. The molecule has 4 heteroatoms. The highest BCUT2D eigenvalue weighted by Crippen LogP contribution is 2.17. The SMILES string of the molecule is NC(=O)COC/C=C/CN1CCc2ccccc2C1. The Kier molecular flexibility index (Phi) is 5.12. The molecular weight excluding hydrogens is 240 g/mol. The van der Waals surface area contributed by atoms with Gasteiger partial charge >= 0.3 is 0 Å². The second-order valence-electron chi connectivity index (χ2n) is 4.71. The summed E-state index contributed by atoms with van der Waals surface area (Å²) in [6, 6.07) is 8.60. The van der Waals surface area contributed by atoms with Crippen LogP contribution in [0.25, 0.3) is 0 Å². The normalized spacial score (nSPS) is 15.6. The molecule has 0 bridgehead atoms. The number of carbonyl (C=O) groups is 1. The predicted octanol–water partition coefficient (Wildman–Crippen LogP) is 1.10. The highest BCUT2D eigenvalue weighted by atomic mass is 16.5. The van der Waals surface area contributed by atoms with Gasteiger partial charge in [-0.2, -0.15) is 0 Å². The number of primary amides is 1. The monoisotopic (exact) mass is 260 g/mol. The van der Waals surface area contributed by atoms with Crippen LogP contribution in [0.5, 0.6) is 0 Å². The molecule has 0 radical (unpaired) electrons. The van der Waals surface area contributed by atoms with Crippen molar-refractivity contribution in [3.8, 4) is 0 Å². The van der Waals surface area contributed by atoms with Crippen molar-refractivity contribution in [1.82, 2.24) is 4.90 Å². The standard InChI is InChI=1S/C15H20N2O2/c16-15(18)12-19-10-4-3-8-17-9-7-13-5-1-2-6-14(13)11-17/h1-6H,7-12H2,(H2,16,18)/b4-3+. The molecule has 1 aromatic rings. The number of hydrogen-bond donors (Lipinski definition) is 1. The molecule has 0 saturated heterocycles. The summed E-state index contributed by atoms with van der Waals surface area (Å²) in [5.74, 6) is -0.430. The first kappa shape index (κ1) is 13.8. The Morgan fingerprint density at radius 1 is 1.32 bits per heavy atom. The minimum Gasteiger partial charge on any atom is -0.368 e. The van der Waals surface area contributed by atoms with Gasteiger partial charge in [0, 0.05) is 19.6 Å². The molecule has 1 amide bonds. The summed E-state index contributed by atoms with van der Waals surface area (Å²) in [5.41, 5.74) is 7.86. The maximum Gasteiger partial charge on any atom is 0.243 e. The molecule has 0 atom stereocenters. The van der Waals surface area contributed by atoms with Gasteiger partial charge in [0.2, 0.25) is 5.91 Å². The molecule has 0 spiro atoms. The first-order chi connectivity index (χ1) is 9.25. The molecule has 0 aromatic heterocycles. The van der Waals surface area contributed by atoms with E-state index in [4.69, 9.17) is 10.5 Å². The average molecular weight is 260 g/mol. The highest BCUT2D eigenvalue weighted by Gasteiger charge is 2.13. The molecule has 0 saturated carbocycles. The number of amides is 1. The van der Waals surface area contributed by atoms with Crippen molar-refractivity contribution in [3.63, 3.8) is 0 Å². The summed E-state index contributed by atoms with van der Waals surface area (Å²) < 4.78 is 5.06. The van der Waals surface area contributed by atoms with E-state index in [2.05, 4.69) is 35.2 Å². The molecule has 1 heterocycles. The zero-order valence-corrected chi connectivity index (χ0v) is 11.0. The van der Waals surface area contributed by atoms with Crippen LogP contribution in [0.3, 0.4) is 0 Å². The van der Waals surface area contributed by atoms with Gasteiger partial charge in [-0.1, -0.05) is 36.4 Å². The van der Waals surface area contributed by atoms with E-state index in [9.17, 15) is 4.79 Å². The maximum atomic E-state index is 10.5. The summed E-state index contributed by atoms with van der Waals surface area (Å²) >= 11 is 0. The minimum atomic E-state index is -0.430. The minimum absolute atomic E-state index is 0.0125. The van der Waals surface area contributed by atoms with E-state index in [1.807, 2.05) is 6.08 Å². The third kappa shape index (κ3) is 4.50. The topological polar surface area (TPSA) is 55.6 Å². The molecule has 4 nitrogen and oxygen atoms in total. The molecule has 2 N–H and O–H groups in total. The quantitative estimate of drug-likeness (QED) is 0.615. The zero-order valence-electron chi connectivity index (χ0n) is 11.0. The Bertz CT molecular complexity index is 457. The number of rotatable bonds is 6. The van der Waals surface area contributed by atoms with Crippen LogP contribution >= 0.6 is 0 Å². The largest absolute Gasteiger partial charge is 0.368 e. The third-order valence-electron chi connectivity index (χ3n) is 3.20. The van der Waals surface area contributed by atoms with Gasteiger partial charge < -0.3 is 10.5 Å². The van der Waals surface area contributed by atoms with Crippen molar-refractivity contribution in [2.75, 3.05) is 26.3 Å². The number of fused-ring (bicyclic) bond motifs is 1. The van der Waals surface area contributed by atoms with Crippen molar-refractivity contribution in [2.45, 2.75) is 13.0 Å². The van der Waals surface area contributed by atoms with Crippen LogP contribution in [0, 0.1) is 0 Å². The number of carbonyl (C=O) groups excluding carboxylic acids is 1. The Hall–Kier alpha value is -1.65. The summed E-state index contributed by atoms with van der Waals surface area (Å²) in [7, 11) is 0. The van der Waals surface area contributed by atoms with Crippen molar-refractivity contribution in [1.29, 1.82) is 0 Å². The Labute approximate surface area is 113 Å². The lowest BCUT2D eigenvalue weighted by Crippen LogP contribution is -2.30. The molecule has 2 rings (SSSR count). The number of ether oxygens (including phenoxy) is 1. The van der Waals surface area contributed by atoms with E-state index in [1.54, 1.807) is 0 Å². The molecule has 1 aliphatic heterocycles. The average Bonchev–Trinajstić information content (AvgIpc) is 2.42. The Balaban J connectivity index is 1.71. The van der Waals surface area contributed by atoms with Crippen molar-refractivity contribution >= 4 is 5.91 Å². The van der Waals surface area contributed by atoms with E-state index >= 15 is 0 Å².